The van der Waals surface area contributed by atoms with E-state index in [0.29, 0.717) is 6.54 Å². The summed E-state index contributed by atoms with van der Waals surface area (Å²) in [7, 11) is 0. The SMILES string of the molecule is CCN=CCC(F)(F)F. The first-order valence-electron chi connectivity index (χ1n) is 2.61. The maximum Gasteiger partial charge on any atom is 0.393 e. The van der Waals surface area contributed by atoms with Gasteiger partial charge in [0.1, 0.15) is 0 Å². The minimum absolute atomic E-state index is 0.413. The largest absolute Gasteiger partial charge is 0.393 e. The van der Waals surface area contributed by atoms with Crippen LogP contribution in [0.5, 0.6) is 0 Å². The standard InChI is InChI=1S/C5H8F3N/c1-2-9-4-3-5(6,7)8/h4H,2-3H2,1H3. The van der Waals surface area contributed by atoms with Crippen LogP contribution in [0.1, 0.15) is 13.3 Å². The Morgan fingerprint density at radius 1 is 1.44 bits per heavy atom. The molecule has 54 valence electrons. The van der Waals surface area contributed by atoms with Crippen molar-refractivity contribution in [1.82, 2.24) is 0 Å². The summed E-state index contributed by atoms with van der Waals surface area (Å²) in [6, 6.07) is 0. The quantitative estimate of drug-likeness (QED) is 0.519. The van der Waals surface area contributed by atoms with Crippen molar-refractivity contribution in [3.63, 3.8) is 0 Å². The molecule has 0 saturated carbocycles. The van der Waals surface area contributed by atoms with Crippen molar-refractivity contribution in [1.29, 1.82) is 0 Å². The molecule has 0 N–H and O–H groups in total. The van der Waals surface area contributed by atoms with E-state index in [1.54, 1.807) is 6.92 Å². The number of alkyl halides is 3. The van der Waals surface area contributed by atoms with Gasteiger partial charge in [-0.3, -0.25) is 4.99 Å². The molecule has 0 aliphatic heterocycles. The molecule has 0 unspecified atom stereocenters. The van der Waals surface area contributed by atoms with Crippen LogP contribution >= 0.6 is 0 Å². The number of hydrogen-bond donors (Lipinski definition) is 0. The summed E-state index contributed by atoms with van der Waals surface area (Å²) >= 11 is 0. The molecule has 0 aromatic rings. The average molecular weight is 139 g/mol. The molecule has 0 aliphatic rings. The lowest BCUT2D eigenvalue weighted by atomic mass is 10.5. The van der Waals surface area contributed by atoms with Gasteiger partial charge in [0, 0.05) is 12.8 Å². The van der Waals surface area contributed by atoms with E-state index in [2.05, 4.69) is 4.99 Å². The molecular weight excluding hydrogens is 131 g/mol. The minimum Gasteiger partial charge on any atom is -0.297 e. The van der Waals surface area contributed by atoms with Crippen LogP contribution in [0.2, 0.25) is 0 Å². The van der Waals surface area contributed by atoms with Crippen molar-refractivity contribution < 1.29 is 13.2 Å². The second kappa shape index (κ2) is 3.48. The predicted molar refractivity (Wildman–Crippen MR) is 29.7 cm³/mol. The molecule has 0 rings (SSSR count). The first-order valence-corrected chi connectivity index (χ1v) is 2.61. The van der Waals surface area contributed by atoms with Gasteiger partial charge in [0.25, 0.3) is 0 Å². The molecule has 0 amide bonds. The highest BCUT2D eigenvalue weighted by Crippen LogP contribution is 2.17. The Morgan fingerprint density at radius 3 is 2.33 bits per heavy atom. The van der Waals surface area contributed by atoms with E-state index in [0.717, 1.165) is 6.21 Å². The molecule has 0 atom stereocenters. The molecular formula is C5H8F3N. The van der Waals surface area contributed by atoms with Crippen LogP contribution in [0.15, 0.2) is 4.99 Å². The van der Waals surface area contributed by atoms with E-state index in [1.165, 1.54) is 0 Å². The number of halogens is 3. The number of hydrogen-bond acceptors (Lipinski definition) is 1. The minimum atomic E-state index is -4.10. The predicted octanol–water partition coefficient (Wildman–Crippen LogP) is 2.03. The Bertz CT molecular complexity index is 94.9. The van der Waals surface area contributed by atoms with Crippen LogP contribution in [0.4, 0.5) is 13.2 Å². The van der Waals surface area contributed by atoms with Gasteiger partial charge in [0.2, 0.25) is 0 Å². The van der Waals surface area contributed by atoms with Gasteiger partial charge in [-0.1, -0.05) is 0 Å². The van der Waals surface area contributed by atoms with Gasteiger partial charge in [-0.2, -0.15) is 13.2 Å². The van der Waals surface area contributed by atoms with Crippen LogP contribution in [0.3, 0.4) is 0 Å². The highest BCUT2D eigenvalue weighted by atomic mass is 19.4. The molecule has 0 saturated heterocycles. The average Bonchev–Trinajstić information content (AvgIpc) is 1.63. The molecule has 0 aliphatic carbocycles. The van der Waals surface area contributed by atoms with E-state index >= 15 is 0 Å². The Morgan fingerprint density at radius 2 is 2.00 bits per heavy atom. The zero-order valence-electron chi connectivity index (χ0n) is 5.07. The molecule has 9 heavy (non-hydrogen) atoms. The van der Waals surface area contributed by atoms with E-state index in [4.69, 9.17) is 0 Å². The molecule has 0 heterocycles. The molecule has 0 radical (unpaired) electrons. The molecule has 0 aromatic heterocycles. The van der Waals surface area contributed by atoms with Crippen LogP contribution in [0, 0.1) is 0 Å². The summed E-state index contributed by atoms with van der Waals surface area (Å²) in [6.07, 6.45) is -4.13. The van der Waals surface area contributed by atoms with Crippen LogP contribution in [0.25, 0.3) is 0 Å². The van der Waals surface area contributed by atoms with Gasteiger partial charge in [-0.25, -0.2) is 0 Å². The zero-order chi connectivity index (χ0) is 7.33. The first kappa shape index (κ1) is 8.46. The van der Waals surface area contributed by atoms with Crippen molar-refractivity contribution in [3.05, 3.63) is 0 Å². The van der Waals surface area contributed by atoms with Gasteiger partial charge in [0.05, 0.1) is 6.42 Å². The number of nitrogens with zero attached hydrogens (tertiary/aromatic N) is 1. The number of rotatable bonds is 2. The Balaban J connectivity index is 3.38. The van der Waals surface area contributed by atoms with Crippen LogP contribution < -0.4 is 0 Å². The molecule has 0 spiro atoms. The van der Waals surface area contributed by atoms with Gasteiger partial charge >= 0.3 is 6.18 Å². The molecule has 1 nitrogen and oxygen atoms in total. The fourth-order valence-corrected chi connectivity index (χ4v) is 0.297. The highest BCUT2D eigenvalue weighted by Gasteiger charge is 2.24. The second-order valence-electron chi connectivity index (χ2n) is 1.50. The molecule has 0 aromatic carbocycles. The summed E-state index contributed by atoms with van der Waals surface area (Å²) in [6.45, 7) is 2.10. The monoisotopic (exact) mass is 139 g/mol. The van der Waals surface area contributed by atoms with Gasteiger partial charge in [-0.15, -0.1) is 0 Å². The third-order valence-corrected chi connectivity index (χ3v) is 0.634. The highest BCUT2D eigenvalue weighted by molar-refractivity contribution is 5.57. The van der Waals surface area contributed by atoms with E-state index in [9.17, 15) is 13.2 Å². The molecule has 4 heteroatoms. The lowest BCUT2D eigenvalue weighted by Gasteiger charge is -1.98. The summed E-state index contributed by atoms with van der Waals surface area (Å²) in [5.74, 6) is 0. The van der Waals surface area contributed by atoms with Gasteiger partial charge in [0.15, 0.2) is 0 Å². The van der Waals surface area contributed by atoms with E-state index in [-0.39, 0.29) is 0 Å². The van der Waals surface area contributed by atoms with Crippen molar-refractivity contribution in [2.24, 2.45) is 4.99 Å². The fourth-order valence-electron chi connectivity index (χ4n) is 0.297. The van der Waals surface area contributed by atoms with Crippen molar-refractivity contribution >= 4 is 6.21 Å². The van der Waals surface area contributed by atoms with Crippen molar-refractivity contribution in [2.75, 3.05) is 6.54 Å². The maximum absolute atomic E-state index is 11.3. The summed E-state index contributed by atoms with van der Waals surface area (Å²) in [4.78, 5) is 3.41. The lowest BCUT2D eigenvalue weighted by Crippen LogP contribution is -2.07. The Labute approximate surface area is 51.6 Å². The lowest BCUT2D eigenvalue weighted by molar-refractivity contribution is -0.120. The number of aliphatic imine (C=N–C) groups is 1. The Hall–Kier alpha value is -0.540. The first-order chi connectivity index (χ1) is 4.06. The topological polar surface area (TPSA) is 12.4 Å². The van der Waals surface area contributed by atoms with Gasteiger partial charge in [-0.05, 0) is 6.92 Å². The normalized spacial score (nSPS) is 12.9. The second-order valence-corrected chi connectivity index (χ2v) is 1.50. The maximum atomic E-state index is 11.3. The van der Waals surface area contributed by atoms with E-state index in [1.807, 2.05) is 0 Å². The molecule has 0 bridgehead atoms. The summed E-state index contributed by atoms with van der Waals surface area (Å²) in [5, 5.41) is 0. The fraction of sp³-hybridized carbons (Fsp3) is 0.800. The third kappa shape index (κ3) is 7.46. The zero-order valence-corrected chi connectivity index (χ0v) is 5.07. The van der Waals surface area contributed by atoms with Crippen molar-refractivity contribution in [2.45, 2.75) is 19.5 Å². The Kier molecular flexibility index (Phi) is 3.27. The smallest absolute Gasteiger partial charge is 0.297 e. The summed E-state index contributed by atoms with van der Waals surface area (Å²) < 4.78 is 33.9. The van der Waals surface area contributed by atoms with Crippen LogP contribution in [-0.4, -0.2) is 18.9 Å². The summed E-state index contributed by atoms with van der Waals surface area (Å²) in [5.41, 5.74) is 0. The van der Waals surface area contributed by atoms with Gasteiger partial charge < -0.3 is 0 Å². The molecule has 0 fully saturated rings. The van der Waals surface area contributed by atoms with Crippen LogP contribution in [-0.2, 0) is 0 Å². The third-order valence-electron chi connectivity index (χ3n) is 0.634. The van der Waals surface area contributed by atoms with E-state index < -0.39 is 12.6 Å². The van der Waals surface area contributed by atoms with Crippen molar-refractivity contribution in [3.8, 4) is 0 Å².